The molecule has 20 heavy (non-hydrogen) atoms. The van der Waals surface area contributed by atoms with Crippen LogP contribution in [0.3, 0.4) is 0 Å². The van der Waals surface area contributed by atoms with Crippen molar-refractivity contribution < 1.29 is 14.3 Å². The van der Waals surface area contributed by atoms with Crippen molar-refractivity contribution in [2.45, 2.75) is 33.6 Å². The van der Waals surface area contributed by atoms with Gasteiger partial charge in [-0.3, -0.25) is 4.79 Å². The third-order valence-electron chi connectivity index (χ3n) is 3.39. The highest BCUT2D eigenvalue weighted by molar-refractivity contribution is 5.96. The van der Waals surface area contributed by atoms with Gasteiger partial charge in [0.25, 0.3) is 5.91 Å². The highest BCUT2D eigenvalue weighted by Crippen LogP contribution is 2.33. The number of carbonyl (C=O) groups excluding carboxylic acids is 1. The first-order chi connectivity index (χ1) is 9.67. The monoisotopic (exact) mass is 277 g/mol. The lowest BCUT2D eigenvalue weighted by Crippen LogP contribution is -2.33. The Hall–Kier alpha value is -1.71. The molecule has 0 aromatic heterocycles. The maximum atomic E-state index is 12.7. The number of benzene rings is 1. The molecule has 4 heteroatoms. The molecular weight excluding hydrogens is 254 g/mol. The van der Waals surface area contributed by atoms with Gasteiger partial charge in [-0.2, -0.15) is 0 Å². The van der Waals surface area contributed by atoms with Crippen LogP contribution in [0.5, 0.6) is 11.5 Å². The van der Waals surface area contributed by atoms with Crippen molar-refractivity contribution in [3.05, 3.63) is 23.3 Å². The second kappa shape index (κ2) is 6.64. The molecule has 0 radical (unpaired) electrons. The van der Waals surface area contributed by atoms with Crippen LogP contribution < -0.4 is 9.47 Å². The van der Waals surface area contributed by atoms with E-state index in [-0.39, 0.29) is 5.91 Å². The van der Waals surface area contributed by atoms with E-state index in [1.165, 1.54) is 0 Å². The number of amides is 1. The van der Waals surface area contributed by atoms with E-state index in [2.05, 4.69) is 13.8 Å². The van der Waals surface area contributed by atoms with Gasteiger partial charge in [0.1, 0.15) is 13.2 Å². The minimum atomic E-state index is 0.0863. The molecular formula is C16H23NO3. The van der Waals surface area contributed by atoms with Crippen molar-refractivity contribution >= 4 is 5.91 Å². The van der Waals surface area contributed by atoms with Crippen LogP contribution in [-0.2, 0) is 0 Å². The summed E-state index contributed by atoms with van der Waals surface area (Å²) in [4.78, 5) is 14.6. The molecule has 0 fully saturated rings. The van der Waals surface area contributed by atoms with Gasteiger partial charge in [-0.15, -0.1) is 0 Å². The second-order valence-electron chi connectivity index (χ2n) is 5.10. The summed E-state index contributed by atoms with van der Waals surface area (Å²) in [5.74, 6) is 1.50. The van der Waals surface area contributed by atoms with Crippen molar-refractivity contribution in [3.8, 4) is 11.5 Å². The Morgan fingerprint density at radius 3 is 2.20 bits per heavy atom. The van der Waals surface area contributed by atoms with Gasteiger partial charge >= 0.3 is 0 Å². The molecule has 0 spiro atoms. The Balaban J connectivity index is 2.28. The smallest absolute Gasteiger partial charge is 0.254 e. The summed E-state index contributed by atoms with van der Waals surface area (Å²) in [7, 11) is 0. The van der Waals surface area contributed by atoms with Gasteiger partial charge in [0, 0.05) is 18.7 Å². The lowest BCUT2D eigenvalue weighted by molar-refractivity contribution is 0.0753. The Labute approximate surface area is 120 Å². The lowest BCUT2D eigenvalue weighted by Gasteiger charge is -2.24. The van der Waals surface area contributed by atoms with Crippen molar-refractivity contribution in [3.63, 3.8) is 0 Å². The van der Waals surface area contributed by atoms with Crippen molar-refractivity contribution in [2.75, 3.05) is 26.3 Å². The number of ether oxygens (including phenoxy) is 2. The normalized spacial score (nSPS) is 13.2. The number of nitrogens with zero attached hydrogens (tertiary/aromatic N) is 1. The number of fused-ring (bicyclic) bond motifs is 1. The topological polar surface area (TPSA) is 38.8 Å². The van der Waals surface area contributed by atoms with E-state index in [4.69, 9.17) is 9.47 Å². The van der Waals surface area contributed by atoms with Crippen molar-refractivity contribution in [1.29, 1.82) is 0 Å². The highest BCUT2D eigenvalue weighted by atomic mass is 16.6. The molecule has 1 aliphatic rings. The fourth-order valence-corrected chi connectivity index (χ4v) is 2.45. The van der Waals surface area contributed by atoms with Crippen LogP contribution >= 0.6 is 0 Å². The molecule has 0 atom stereocenters. The Kier molecular flexibility index (Phi) is 4.88. The first-order valence-electron chi connectivity index (χ1n) is 7.36. The summed E-state index contributed by atoms with van der Waals surface area (Å²) in [6, 6.07) is 3.72. The number of carbonyl (C=O) groups is 1. The summed E-state index contributed by atoms with van der Waals surface area (Å²) in [6.45, 7) is 8.82. The first kappa shape index (κ1) is 14.7. The maximum absolute atomic E-state index is 12.7. The number of rotatable bonds is 5. The van der Waals surface area contributed by atoms with Crippen molar-refractivity contribution in [1.82, 2.24) is 4.90 Å². The van der Waals surface area contributed by atoms with E-state index in [1.807, 2.05) is 24.0 Å². The predicted octanol–water partition coefficient (Wildman–Crippen LogP) is 3.03. The minimum Gasteiger partial charge on any atom is -0.486 e. The zero-order valence-electron chi connectivity index (χ0n) is 12.6. The van der Waals surface area contributed by atoms with Crippen LogP contribution in [0.1, 0.15) is 42.6 Å². The quantitative estimate of drug-likeness (QED) is 0.830. The molecule has 0 aliphatic carbocycles. The number of hydrogen-bond acceptors (Lipinski definition) is 3. The first-order valence-corrected chi connectivity index (χ1v) is 7.36. The maximum Gasteiger partial charge on any atom is 0.254 e. The van der Waals surface area contributed by atoms with Gasteiger partial charge < -0.3 is 14.4 Å². The molecule has 0 saturated heterocycles. The summed E-state index contributed by atoms with van der Waals surface area (Å²) in [5, 5.41) is 0. The van der Waals surface area contributed by atoms with Crippen LogP contribution in [0.15, 0.2) is 12.1 Å². The molecule has 0 N–H and O–H groups in total. The Morgan fingerprint density at radius 1 is 1.10 bits per heavy atom. The molecule has 1 aromatic carbocycles. The fraction of sp³-hybridized carbons (Fsp3) is 0.562. The molecule has 0 unspecified atom stereocenters. The standard InChI is InChI=1S/C16H23NO3/c1-4-6-17(7-5-2)16(18)13-11-15-14(10-12(13)3)19-8-9-20-15/h10-11H,4-9H2,1-3H3. The van der Waals surface area contributed by atoms with Crippen LogP contribution in [0.25, 0.3) is 0 Å². The van der Waals surface area contributed by atoms with Gasteiger partial charge in [0.05, 0.1) is 0 Å². The Morgan fingerprint density at radius 2 is 1.65 bits per heavy atom. The Bertz CT molecular complexity index is 479. The number of hydrogen-bond donors (Lipinski definition) is 0. The summed E-state index contributed by atoms with van der Waals surface area (Å²) in [5.41, 5.74) is 1.66. The zero-order chi connectivity index (χ0) is 14.5. The zero-order valence-corrected chi connectivity index (χ0v) is 12.6. The van der Waals surface area contributed by atoms with E-state index >= 15 is 0 Å². The van der Waals surface area contributed by atoms with Crippen LogP contribution in [0, 0.1) is 6.92 Å². The van der Waals surface area contributed by atoms with E-state index in [1.54, 1.807) is 0 Å². The van der Waals surface area contributed by atoms with Crippen molar-refractivity contribution in [2.24, 2.45) is 0 Å². The average molecular weight is 277 g/mol. The predicted molar refractivity (Wildman–Crippen MR) is 78.7 cm³/mol. The van der Waals surface area contributed by atoms with Crippen LogP contribution in [0.4, 0.5) is 0 Å². The second-order valence-corrected chi connectivity index (χ2v) is 5.10. The summed E-state index contributed by atoms with van der Waals surface area (Å²) >= 11 is 0. The van der Waals surface area contributed by atoms with E-state index in [0.29, 0.717) is 19.0 Å². The molecule has 0 saturated carbocycles. The highest BCUT2D eigenvalue weighted by Gasteiger charge is 2.21. The van der Waals surface area contributed by atoms with Crippen LogP contribution in [-0.4, -0.2) is 37.1 Å². The molecule has 1 amide bonds. The van der Waals surface area contributed by atoms with Crippen LogP contribution in [0.2, 0.25) is 0 Å². The molecule has 110 valence electrons. The molecule has 4 nitrogen and oxygen atoms in total. The largest absolute Gasteiger partial charge is 0.486 e. The molecule has 2 rings (SSSR count). The van der Waals surface area contributed by atoms with E-state index < -0.39 is 0 Å². The van der Waals surface area contributed by atoms with Gasteiger partial charge in [-0.1, -0.05) is 13.8 Å². The molecule has 1 aromatic rings. The van der Waals surface area contributed by atoms with Gasteiger partial charge in [-0.25, -0.2) is 0 Å². The van der Waals surface area contributed by atoms with E-state index in [0.717, 1.165) is 42.8 Å². The summed E-state index contributed by atoms with van der Waals surface area (Å²) < 4.78 is 11.1. The third kappa shape index (κ3) is 3.06. The molecule has 1 heterocycles. The van der Waals surface area contributed by atoms with Gasteiger partial charge in [0.15, 0.2) is 11.5 Å². The molecule has 1 aliphatic heterocycles. The van der Waals surface area contributed by atoms with Gasteiger partial charge in [0.2, 0.25) is 0 Å². The average Bonchev–Trinajstić information content (AvgIpc) is 2.45. The van der Waals surface area contributed by atoms with E-state index in [9.17, 15) is 4.79 Å². The molecule has 0 bridgehead atoms. The number of aryl methyl sites for hydroxylation is 1. The lowest BCUT2D eigenvalue weighted by atomic mass is 10.1. The summed E-state index contributed by atoms with van der Waals surface area (Å²) in [6.07, 6.45) is 1.94. The fourth-order valence-electron chi connectivity index (χ4n) is 2.45. The third-order valence-corrected chi connectivity index (χ3v) is 3.39. The van der Waals surface area contributed by atoms with Gasteiger partial charge in [-0.05, 0) is 37.5 Å². The SMILES string of the molecule is CCCN(CCC)C(=O)c1cc2c(cc1C)OCCO2. The minimum absolute atomic E-state index is 0.0863.